The van der Waals surface area contributed by atoms with E-state index in [2.05, 4.69) is 189 Å². The molecule has 2 heteroatoms. The number of benzene rings is 6. The van der Waals surface area contributed by atoms with Gasteiger partial charge in [-0.15, -0.1) is 0 Å². The van der Waals surface area contributed by atoms with Crippen molar-refractivity contribution in [2.24, 2.45) is 0 Å². The van der Waals surface area contributed by atoms with Crippen LogP contribution in [0.1, 0.15) is 13.3 Å². The molecule has 0 unspecified atom stereocenters. The molecule has 0 atom stereocenters. The molecule has 0 amide bonds. The van der Waals surface area contributed by atoms with Crippen molar-refractivity contribution in [1.82, 2.24) is 0 Å². The molecule has 0 aromatic heterocycles. The van der Waals surface area contributed by atoms with Crippen molar-refractivity contribution in [3.8, 4) is 0 Å². The second-order valence-corrected chi connectivity index (χ2v) is 19.4. The Morgan fingerprint density at radius 2 is 0.488 bits per heavy atom. The van der Waals surface area contributed by atoms with E-state index in [4.69, 9.17) is 0 Å². The van der Waals surface area contributed by atoms with Gasteiger partial charge in [-0.05, 0) is 0 Å². The van der Waals surface area contributed by atoms with E-state index in [-0.39, 0.29) is 0 Å². The fraction of sp³-hybridized carbons (Fsp3) is 0.0769. The van der Waals surface area contributed by atoms with Gasteiger partial charge in [-0.3, -0.25) is 0 Å². The van der Waals surface area contributed by atoms with Gasteiger partial charge in [0.2, 0.25) is 0 Å². The van der Waals surface area contributed by atoms with Crippen molar-refractivity contribution in [1.29, 1.82) is 0 Å². The standard InChI is InChI=1S/C39H38P2/c1-2-39(40(33-21-9-3-10-22-33,34-23-11-4-12-24-34)35-25-13-5-14-26-35)41(36-27-15-6-16-28-36,37-29-17-7-18-30-37)38-31-19-8-20-32-38/h3-32,39-41H,2H2,1H3. The van der Waals surface area contributed by atoms with Crippen molar-refractivity contribution >= 4 is 46.4 Å². The van der Waals surface area contributed by atoms with Gasteiger partial charge in [0, 0.05) is 0 Å². The maximum absolute atomic E-state index is 2.68. The minimum absolute atomic E-state index is 0.384. The van der Waals surface area contributed by atoms with Crippen LogP contribution >= 0.6 is 14.5 Å². The molecule has 204 valence electrons. The van der Waals surface area contributed by atoms with Gasteiger partial charge in [-0.1, -0.05) is 0 Å². The summed E-state index contributed by atoms with van der Waals surface area (Å²) < 4.78 is 0. The molecule has 0 saturated heterocycles. The van der Waals surface area contributed by atoms with Gasteiger partial charge in [-0.2, -0.15) is 0 Å². The normalized spacial score (nSPS) is 13.3. The van der Waals surface area contributed by atoms with E-state index in [9.17, 15) is 0 Å². The molecule has 0 N–H and O–H groups in total. The Bertz CT molecular complexity index is 1320. The van der Waals surface area contributed by atoms with Crippen LogP contribution in [0, 0.1) is 0 Å². The molecular formula is C39H38P2. The molecule has 0 aliphatic heterocycles. The molecular weight excluding hydrogens is 530 g/mol. The van der Waals surface area contributed by atoms with E-state index in [1.807, 2.05) is 0 Å². The molecule has 6 rings (SSSR count). The molecule has 0 aliphatic rings. The van der Waals surface area contributed by atoms with E-state index in [0.717, 1.165) is 6.42 Å². The third-order valence-electron chi connectivity index (χ3n) is 8.83. The summed E-state index contributed by atoms with van der Waals surface area (Å²) >= 11 is 0. The SMILES string of the molecule is CCC([PH](c1ccccc1)(c1ccccc1)c1ccccc1)[PH](c1ccccc1)(c1ccccc1)c1ccccc1. The Kier molecular flexibility index (Phi) is 8.25. The van der Waals surface area contributed by atoms with Crippen LogP contribution < -0.4 is 31.8 Å². The molecule has 0 aliphatic carbocycles. The number of hydrogen-bond acceptors (Lipinski definition) is 0. The number of rotatable bonds is 9. The molecule has 0 heterocycles. The van der Waals surface area contributed by atoms with Crippen molar-refractivity contribution < 1.29 is 0 Å². The van der Waals surface area contributed by atoms with Crippen LogP contribution in [0.3, 0.4) is 0 Å². The van der Waals surface area contributed by atoms with Gasteiger partial charge in [0.05, 0.1) is 0 Å². The zero-order valence-corrected chi connectivity index (χ0v) is 25.6. The average Bonchev–Trinajstić information content (AvgIpc) is 3.07. The number of hydrogen-bond donors (Lipinski definition) is 0. The summed E-state index contributed by atoms with van der Waals surface area (Å²) in [7, 11) is -5.35. The Morgan fingerprint density at radius 3 is 0.634 bits per heavy atom. The molecule has 0 fully saturated rings. The Labute approximate surface area is 246 Å². The fourth-order valence-electron chi connectivity index (χ4n) is 7.35. The maximum atomic E-state index is 2.44. The van der Waals surface area contributed by atoms with Crippen LogP contribution in [0.15, 0.2) is 182 Å². The molecule has 0 bridgehead atoms. The summed E-state index contributed by atoms with van der Waals surface area (Å²) in [6, 6.07) is 68.8. The van der Waals surface area contributed by atoms with E-state index >= 15 is 0 Å². The Morgan fingerprint density at radius 1 is 0.317 bits per heavy atom. The zero-order valence-electron chi connectivity index (χ0n) is 23.6. The zero-order chi connectivity index (χ0) is 28.0. The molecule has 6 aromatic rings. The van der Waals surface area contributed by atoms with E-state index < -0.39 is 14.5 Å². The van der Waals surface area contributed by atoms with Gasteiger partial charge in [0.1, 0.15) is 0 Å². The topological polar surface area (TPSA) is 0 Å². The van der Waals surface area contributed by atoms with Crippen LogP contribution in [0.4, 0.5) is 0 Å². The van der Waals surface area contributed by atoms with Crippen LogP contribution in [0.25, 0.3) is 0 Å². The first-order chi connectivity index (χ1) is 20.3. The first kappa shape index (κ1) is 27.4. The summed E-state index contributed by atoms with van der Waals surface area (Å²) in [6.07, 6.45) is 1.07. The molecule has 0 nitrogen and oxygen atoms in total. The van der Waals surface area contributed by atoms with Gasteiger partial charge >= 0.3 is 247 Å². The quantitative estimate of drug-likeness (QED) is 0.162. The second-order valence-electron chi connectivity index (χ2n) is 10.8. The summed E-state index contributed by atoms with van der Waals surface area (Å²) in [6.45, 7) is 2.44. The predicted molar refractivity (Wildman–Crippen MR) is 187 cm³/mol. The summed E-state index contributed by atoms with van der Waals surface area (Å²) in [5.41, 5.74) is 0. The van der Waals surface area contributed by atoms with Crippen LogP contribution in [-0.4, -0.2) is 5.40 Å². The van der Waals surface area contributed by atoms with Crippen molar-refractivity contribution in [2.75, 3.05) is 0 Å². The van der Waals surface area contributed by atoms with Gasteiger partial charge in [0.15, 0.2) is 0 Å². The molecule has 6 aromatic carbocycles. The Hall–Kier alpha value is -3.82. The van der Waals surface area contributed by atoms with Gasteiger partial charge in [-0.25, -0.2) is 0 Å². The second kappa shape index (κ2) is 12.4. The third-order valence-corrected chi connectivity index (χ3v) is 21.8. The average molecular weight is 569 g/mol. The van der Waals surface area contributed by atoms with Crippen LogP contribution in [0.5, 0.6) is 0 Å². The first-order valence-corrected chi connectivity index (χ1v) is 18.8. The van der Waals surface area contributed by atoms with Crippen LogP contribution in [0.2, 0.25) is 0 Å². The van der Waals surface area contributed by atoms with E-state index in [1.165, 1.54) is 31.8 Å². The molecule has 0 spiro atoms. The minimum atomic E-state index is -2.68. The summed E-state index contributed by atoms with van der Waals surface area (Å²) in [5.74, 6) is 0. The van der Waals surface area contributed by atoms with Crippen molar-refractivity contribution in [3.63, 3.8) is 0 Å². The predicted octanol–water partition coefficient (Wildman–Crippen LogP) is 7.18. The van der Waals surface area contributed by atoms with Gasteiger partial charge < -0.3 is 0 Å². The summed E-state index contributed by atoms with van der Waals surface area (Å²) in [4.78, 5) is 0. The Balaban J connectivity index is 1.84. The van der Waals surface area contributed by atoms with Crippen LogP contribution in [-0.2, 0) is 0 Å². The monoisotopic (exact) mass is 568 g/mol. The third kappa shape index (κ3) is 4.77. The van der Waals surface area contributed by atoms with E-state index in [0.29, 0.717) is 5.40 Å². The fourth-order valence-corrected chi connectivity index (χ4v) is 22.9. The first-order valence-electron chi connectivity index (χ1n) is 14.7. The van der Waals surface area contributed by atoms with Gasteiger partial charge in [0.25, 0.3) is 0 Å². The van der Waals surface area contributed by atoms with Crippen molar-refractivity contribution in [3.05, 3.63) is 182 Å². The van der Waals surface area contributed by atoms with E-state index in [1.54, 1.807) is 0 Å². The summed E-state index contributed by atoms with van der Waals surface area (Å²) in [5, 5.41) is 9.24. The van der Waals surface area contributed by atoms with Crippen molar-refractivity contribution in [2.45, 2.75) is 18.7 Å². The molecule has 41 heavy (non-hydrogen) atoms. The molecule has 0 saturated carbocycles. The molecule has 0 radical (unpaired) electrons.